The molecule has 0 aliphatic rings. The zero-order valence-electron chi connectivity index (χ0n) is 8.80. The number of hydrogen-bond acceptors (Lipinski definition) is 3. The SMILES string of the molecule is CCC(C(=O)O)c1csc(-c2cc[nH]c2)n1. The minimum atomic E-state index is -0.812. The van der Waals surface area contributed by atoms with E-state index in [2.05, 4.69) is 9.97 Å². The van der Waals surface area contributed by atoms with Crippen LogP contribution in [0.4, 0.5) is 0 Å². The van der Waals surface area contributed by atoms with Crippen LogP contribution in [0, 0.1) is 0 Å². The van der Waals surface area contributed by atoms with E-state index >= 15 is 0 Å². The number of aliphatic carboxylic acids is 1. The largest absolute Gasteiger partial charge is 0.481 e. The molecule has 0 spiro atoms. The van der Waals surface area contributed by atoms with Gasteiger partial charge in [0.25, 0.3) is 0 Å². The summed E-state index contributed by atoms with van der Waals surface area (Å²) in [6.45, 7) is 1.86. The van der Waals surface area contributed by atoms with Gasteiger partial charge in [-0.2, -0.15) is 0 Å². The molecular formula is C11H12N2O2S. The van der Waals surface area contributed by atoms with Crippen molar-refractivity contribution in [3.8, 4) is 10.6 Å². The van der Waals surface area contributed by atoms with E-state index in [1.165, 1.54) is 11.3 Å². The van der Waals surface area contributed by atoms with Gasteiger partial charge in [0, 0.05) is 23.3 Å². The lowest BCUT2D eigenvalue weighted by Crippen LogP contribution is -2.10. The zero-order chi connectivity index (χ0) is 11.5. The van der Waals surface area contributed by atoms with Crippen LogP contribution in [0.2, 0.25) is 0 Å². The maximum atomic E-state index is 11.0. The van der Waals surface area contributed by atoms with Gasteiger partial charge in [0.15, 0.2) is 0 Å². The van der Waals surface area contributed by atoms with Crippen molar-refractivity contribution in [2.24, 2.45) is 0 Å². The summed E-state index contributed by atoms with van der Waals surface area (Å²) >= 11 is 1.47. The van der Waals surface area contributed by atoms with Gasteiger partial charge in [-0.05, 0) is 12.5 Å². The minimum Gasteiger partial charge on any atom is -0.481 e. The molecule has 0 radical (unpaired) electrons. The molecule has 0 amide bonds. The van der Waals surface area contributed by atoms with Gasteiger partial charge in [-0.1, -0.05) is 6.92 Å². The number of carboxylic acid groups (broad SMARTS) is 1. The average molecular weight is 236 g/mol. The molecule has 84 valence electrons. The number of nitrogens with zero attached hydrogens (tertiary/aromatic N) is 1. The van der Waals surface area contributed by atoms with Crippen LogP contribution >= 0.6 is 11.3 Å². The molecule has 0 fully saturated rings. The summed E-state index contributed by atoms with van der Waals surface area (Å²) < 4.78 is 0. The van der Waals surface area contributed by atoms with Gasteiger partial charge < -0.3 is 10.1 Å². The number of carbonyl (C=O) groups is 1. The summed E-state index contributed by atoms with van der Waals surface area (Å²) in [4.78, 5) is 18.3. The Hall–Kier alpha value is -1.62. The summed E-state index contributed by atoms with van der Waals surface area (Å²) in [5, 5.41) is 11.7. The molecule has 2 aromatic rings. The molecule has 1 unspecified atom stereocenters. The summed E-state index contributed by atoms with van der Waals surface area (Å²) in [5.41, 5.74) is 1.65. The molecule has 0 saturated heterocycles. The third-order valence-corrected chi connectivity index (χ3v) is 3.34. The number of aromatic nitrogens is 2. The highest BCUT2D eigenvalue weighted by Crippen LogP contribution is 2.28. The normalized spacial score (nSPS) is 12.6. The fourth-order valence-corrected chi connectivity index (χ4v) is 2.42. The maximum absolute atomic E-state index is 11.0. The Balaban J connectivity index is 2.29. The molecule has 4 nitrogen and oxygen atoms in total. The Labute approximate surface area is 97.0 Å². The highest BCUT2D eigenvalue weighted by Gasteiger charge is 2.20. The van der Waals surface area contributed by atoms with Crippen LogP contribution in [0.3, 0.4) is 0 Å². The van der Waals surface area contributed by atoms with Crippen molar-refractivity contribution in [3.05, 3.63) is 29.5 Å². The molecule has 2 heterocycles. The average Bonchev–Trinajstić information content (AvgIpc) is 2.86. The molecule has 0 bridgehead atoms. The predicted octanol–water partition coefficient (Wildman–Crippen LogP) is 2.72. The van der Waals surface area contributed by atoms with Crippen LogP contribution in [0.5, 0.6) is 0 Å². The standard InChI is InChI=1S/C11H12N2O2S/c1-2-8(11(14)15)9-6-16-10(13-9)7-3-4-12-5-7/h3-6,8,12H,2H2,1H3,(H,14,15). The van der Waals surface area contributed by atoms with Gasteiger partial charge in [0.1, 0.15) is 5.01 Å². The molecule has 2 aromatic heterocycles. The summed E-state index contributed by atoms with van der Waals surface area (Å²) in [5.74, 6) is -1.31. The van der Waals surface area contributed by atoms with E-state index in [1.54, 1.807) is 0 Å². The molecule has 0 aromatic carbocycles. The first-order valence-electron chi connectivity index (χ1n) is 5.03. The van der Waals surface area contributed by atoms with Gasteiger partial charge in [-0.3, -0.25) is 4.79 Å². The molecule has 5 heteroatoms. The Kier molecular flexibility index (Phi) is 3.05. The first-order valence-corrected chi connectivity index (χ1v) is 5.91. The number of rotatable bonds is 4. The zero-order valence-corrected chi connectivity index (χ0v) is 9.62. The Morgan fingerprint density at radius 1 is 1.69 bits per heavy atom. The Morgan fingerprint density at radius 3 is 3.06 bits per heavy atom. The lowest BCUT2D eigenvalue weighted by molar-refractivity contribution is -0.138. The highest BCUT2D eigenvalue weighted by atomic mass is 32.1. The lowest BCUT2D eigenvalue weighted by Gasteiger charge is -2.04. The van der Waals surface area contributed by atoms with Crippen LogP contribution in [-0.2, 0) is 4.79 Å². The number of nitrogens with one attached hydrogen (secondary N) is 1. The monoisotopic (exact) mass is 236 g/mol. The third kappa shape index (κ3) is 1.99. The second-order valence-corrected chi connectivity index (χ2v) is 4.33. The van der Waals surface area contributed by atoms with E-state index in [9.17, 15) is 4.79 Å². The Bertz CT molecular complexity index is 476. The fourth-order valence-electron chi connectivity index (χ4n) is 1.55. The Morgan fingerprint density at radius 2 is 2.50 bits per heavy atom. The van der Waals surface area contributed by atoms with Crippen molar-refractivity contribution in [1.29, 1.82) is 0 Å². The second-order valence-electron chi connectivity index (χ2n) is 3.48. The van der Waals surface area contributed by atoms with Gasteiger partial charge >= 0.3 is 5.97 Å². The van der Waals surface area contributed by atoms with Crippen LogP contribution in [0.25, 0.3) is 10.6 Å². The number of carboxylic acids is 1. The van der Waals surface area contributed by atoms with E-state index in [0.717, 1.165) is 10.6 Å². The van der Waals surface area contributed by atoms with Gasteiger partial charge in [-0.25, -0.2) is 4.98 Å². The van der Waals surface area contributed by atoms with E-state index in [1.807, 2.05) is 30.8 Å². The van der Waals surface area contributed by atoms with Crippen molar-refractivity contribution in [3.63, 3.8) is 0 Å². The molecule has 0 saturated carbocycles. The number of aromatic amines is 1. The molecular weight excluding hydrogens is 224 g/mol. The molecule has 2 rings (SSSR count). The molecule has 1 atom stereocenters. The van der Waals surface area contributed by atoms with E-state index in [4.69, 9.17) is 5.11 Å². The maximum Gasteiger partial charge on any atom is 0.312 e. The summed E-state index contributed by atoms with van der Waals surface area (Å²) in [6.07, 6.45) is 4.24. The van der Waals surface area contributed by atoms with Crippen molar-refractivity contribution >= 4 is 17.3 Å². The lowest BCUT2D eigenvalue weighted by atomic mass is 10.0. The van der Waals surface area contributed by atoms with Gasteiger partial charge in [0.05, 0.1) is 11.6 Å². The van der Waals surface area contributed by atoms with Crippen LogP contribution in [0.15, 0.2) is 23.8 Å². The van der Waals surface area contributed by atoms with Gasteiger partial charge in [-0.15, -0.1) is 11.3 Å². The van der Waals surface area contributed by atoms with Crippen molar-refractivity contribution < 1.29 is 9.90 Å². The summed E-state index contributed by atoms with van der Waals surface area (Å²) in [7, 11) is 0. The van der Waals surface area contributed by atoms with Crippen LogP contribution in [-0.4, -0.2) is 21.0 Å². The number of hydrogen-bond donors (Lipinski definition) is 2. The van der Waals surface area contributed by atoms with Gasteiger partial charge in [0.2, 0.25) is 0 Å². The summed E-state index contributed by atoms with van der Waals surface area (Å²) in [6, 6.07) is 1.92. The van der Waals surface area contributed by atoms with Crippen molar-refractivity contribution in [2.75, 3.05) is 0 Å². The van der Waals surface area contributed by atoms with E-state index < -0.39 is 11.9 Å². The first kappa shape index (κ1) is 10.9. The fraction of sp³-hybridized carbons (Fsp3) is 0.273. The van der Waals surface area contributed by atoms with Crippen LogP contribution in [0.1, 0.15) is 25.0 Å². The van der Waals surface area contributed by atoms with Crippen LogP contribution < -0.4 is 0 Å². The second kappa shape index (κ2) is 4.49. The topological polar surface area (TPSA) is 66.0 Å². The molecule has 16 heavy (non-hydrogen) atoms. The van der Waals surface area contributed by atoms with E-state index in [-0.39, 0.29) is 0 Å². The molecule has 0 aliphatic heterocycles. The number of H-pyrrole nitrogens is 1. The molecule has 0 aliphatic carbocycles. The number of thiazole rings is 1. The first-order chi connectivity index (χ1) is 7.72. The quantitative estimate of drug-likeness (QED) is 0.857. The smallest absolute Gasteiger partial charge is 0.312 e. The van der Waals surface area contributed by atoms with Crippen molar-refractivity contribution in [1.82, 2.24) is 9.97 Å². The minimum absolute atomic E-state index is 0.496. The molecule has 2 N–H and O–H groups in total. The highest BCUT2D eigenvalue weighted by molar-refractivity contribution is 7.13. The van der Waals surface area contributed by atoms with E-state index in [0.29, 0.717) is 12.1 Å². The third-order valence-electron chi connectivity index (χ3n) is 2.43. The van der Waals surface area contributed by atoms with Crippen molar-refractivity contribution in [2.45, 2.75) is 19.3 Å². The predicted molar refractivity (Wildman–Crippen MR) is 62.6 cm³/mol.